The molecule has 140 valence electrons. The van der Waals surface area contributed by atoms with E-state index in [9.17, 15) is 14.7 Å². The average molecular weight is 425 g/mol. The molecule has 3 rings (SSSR count). The minimum atomic E-state index is -1.13. The zero-order valence-electron chi connectivity index (χ0n) is 14.3. The van der Waals surface area contributed by atoms with E-state index in [0.717, 1.165) is 10.6 Å². The van der Waals surface area contributed by atoms with E-state index in [0.29, 0.717) is 25.9 Å². The summed E-state index contributed by atoms with van der Waals surface area (Å²) in [6.07, 6.45) is 0. The van der Waals surface area contributed by atoms with E-state index in [1.54, 1.807) is 6.07 Å². The molecule has 1 heterocycles. The molecule has 3 aromatic rings. The van der Waals surface area contributed by atoms with Gasteiger partial charge in [-0.3, -0.25) is 10.1 Å². The van der Waals surface area contributed by atoms with E-state index >= 15 is 0 Å². The van der Waals surface area contributed by atoms with Crippen LogP contribution in [0.4, 0.5) is 5.13 Å². The number of hydrogen-bond acceptors (Lipinski definition) is 5. The molecule has 0 unspecified atom stereocenters. The number of fused-ring (bicyclic) bond motifs is 1. The Labute approximate surface area is 168 Å². The fourth-order valence-electron chi connectivity index (χ4n) is 2.45. The number of rotatable bonds is 5. The molecular weight excluding hydrogens is 411 g/mol. The first-order chi connectivity index (χ1) is 12.7. The molecule has 6 nitrogen and oxygen atoms in total. The Hall–Kier alpha value is -2.35. The number of carbonyl (C=O) groups is 2. The number of hydrogen-bond donors (Lipinski definition) is 2. The Balaban J connectivity index is 1.86. The van der Waals surface area contributed by atoms with Crippen LogP contribution in [0.2, 0.25) is 10.0 Å². The van der Waals surface area contributed by atoms with Gasteiger partial charge in [0.2, 0.25) is 0 Å². The molecule has 0 saturated heterocycles. The van der Waals surface area contributed by atoms with Crippen molar-refractivity contribution in [1.29, 1.82) is 0 Å². The second-order valence-corrected chi connectivity index (χ2v) is 7.81. The summed E-state index contributed by atoms with van der Waals surface area (Å²) in [4.78, 5) is 28.8. The third-order valence-corrected chi connectivity index (χ3v) is 5.31. The number of carbonyl (C=O) groups excluding carboxylic acids is 1. The maximum atomic E-state index is 12.2. The number of benzene rings is 2. The summed E-state index contributed by atoms with van der Waals surface area (Å²) in [7, 11) is 0. The first kappa shape index (κ1) is 19.4. The number of aryl methyl sites for hydroxylation is 2. The van der Waals surface area contributed by atoms with Crippen LogP contribution in [0.3, 0.4) is 0 Å². The van der Waals surface area contributed by atoms with E-state index in [4.69, 9.17) is 27.9 Å². The number of anilines is 1. The van der Waals surface area contributed by atoms with Crippen molar-refractivity contribution in [3.8, 4) is 5.75 Å². The lowest BCUT2D eigenvalue weighted by Gasteiger charge is -2.12. The molecule has 1 aromatic heterocycles. The fraction of sp³-hybridized carbons (Fsp3) is 0.167. The van der Waals surface area contributed by atoms with Crippen LogP contribution in [-0.4, -0.2) is 28.6 Å². The van der Waals surface area contributed by atoms with E-state index in [1.165, 1.54) is 29.5 Å². The van der Waals surface area contributed by atoms with Crippen molar-refractivity contribution >= 4 is 62.3 Å². The van der Waals surface area contributed by atoms with Gasteiger partial charge in [0.05, 0.1) is 16.3 Å². The van der Waals surface area contributed by atoms with Crippen LogP contribution in [0.25, 0.3) is 10.8 Å². The fourth-order valence-corrected chi connectivity index (χ4v) is 3.89. The van der Waals surface area contributed by atoms with Gasteiger partial charge in [-0.05, 0) is 43.5 Å². The highest BCUT2D eigenvalue weighted by Gasteiger charge is 2.15. The largest absolute Gasteiger partial charge is 0.483 e. The van der Waals surface area contributed by atoms with Crippen molar-refractivity contribution in [2.75, 3.05) is 11.9 Å². The maximum absolute atomic E-state index is 12.2. The van der Waals surface area contributed by atoms with Gasteiger partial charge >= 0.3 is 5.97 Å². The van der Waals surface area contributed by atoms with Gasteiger partial charge in [-0.2, -0.15) is 0 Å². The molecule has 1 amide bonds. The van der Waals surface area contributed by atoms with Crippen LogP contribution in [0.15, 0.2) is 24.3 Å². The number of aromatic carboxylic acids is 1. The second kappa shape index (κ2) is 7.72. The zero-order valence-corrected chi connectivity index (χ0v) is 16.6. The van der Waals surface area contributed by atoms with Gasteiger partial charge in [0.25, 0.3) is 5.91 Å². The summed E-state index contributed by atoms with van der Waals surface area (Å²) in [6, 6.07) is 5.89. The predicted octanol–water partition coefficient (Wildman–Crippen LogP) is 4.94. The van der Waals surface area contributed by atoms with Crippen molar-refractivity contribution in [1.82, 2.24) is 4.98 Å². The first-order valence-electron chi connectivity index (χ1n) is 7.77. The summed E-state index contributed by atoms with van der Waals surface area (Å²) in [5, 5.41) is 14.1. The summed E-state index contributed by atoms with van der Waals surface area (Å²) in [5.74, 6) is -1.35. The van der Waals surface area contributed by atoms with E-state index < -0.39 is 11.9 Å². The smallest absolute Gasteiger partial charge is 0.335 e. The van der Waals surface area contributed by atoms with Crippen LogP contribution in [-0.2, 0) is 4.79 Å². The number of aromatic nitrogens is 1. The molecule has 0 aliphatic carbocycles. The van der Waals surface area contributed by atoms with E-state index in [-0.39, 0.29) is 17.9 Å². The second-order valence-electron chi connectivity index (χ2n) is 5.76. The highest BCUT2D eigenvalue weighted by Crippen LogP contribution is 2.36. The third kappa shape index (κ3) is 4.32. The summed E-state index contributed by atoms with van der Waals surface area (Å²) < 4.78 is 5.58. The van der Waals surface area contributed by atoms with E-state index in [1.807, 2.05) is 13.8 Å². The molecule has 0 fully saturated rings. The quantitative estimate of drug-likeness (QED) is 0.605. The summed E-state index contributed by atoms with van der Waals surface area (Å²) in [5.41, 5.74) is 0.849. The number of halogens is 2. The lowest BCUT2D eigenvalue weighted by atomic mass is 10.1. The first-order valence-corrected chi connectivity index (χ1v) is 9.34. The summed E-state index contributed by atoms with van der Waals surface area (Å²) >= 11 is 13.6. The Morgan fingerprint density at radius 1 is 1.22 bits per heavy atom. The molecule has 0 saturated carbocycles. The summed E-state index contributed by atoms with van der Waals surface area (Å²) in [6.45, 7) is 3.44. The lowest BCUT2D eigenvalue weighted by molar-refractivity contribution is -0.118. The average Bonchev–Trinajstić information content (AvgIpc) is 2.89. The molecule has 0 atom stereocenters. The van der Waals surface area contributed by atoms with Crippen LogP contribution < -0.4 is 10.1 Å². The van der Waals surface area contributed by atoms with Crippen LogP contribution >= 0.6 is 34.5 Å². The standard InChI is InChI=1S/C18H14Cl2N2O4S/c1-8-9(2)27-18(21-8)22-15(23)7-26-14-5-11(17(24)25)3-10-4-12(19)6-13(20)16(10)14/h3-6H,7H2,1-2H3,(H,24,25)(H,21,22,23). The van der Waals surface area contributed by atoms with Gasteiger partial charge in [-0.1, -0.05) is 23.2 Å². The highest BCUT2D eigenvalue weighted by atomic mass is 35.5. The SMILES string of the molecule is Cc1nc(NC(=O)COc2cc(C(=O)O)cc3cc(Cl)cc(Cl)c23)sc1C. The molecule has 0 bridgehead atoms. The maximum Gasteiger partial charge on any atom is 0.335 e. The number of carboxylic acids is 1. The van der Waals surface area contributed by atoms with Crippen LogP contribution in [0, 0.1) is 13.8 Å². The van der Waals surface area contributed by atoms with Gasteiger partial charge in [-0.15, -0.1) is 11.3 Å². The molecule has 9 heteroatoms. The monoisotopic (exact) mass is 424 g/mol. The Kier molecular flexibility index (Phi) is 5.55. The Bertz CT molecular complexity index is 1050. The van der Waals surface area contributed by atoms with Gasteiger partial charge in [0.1, 0.15) is 5.75 Å². The molecule has 0 aliphatic rings. The van der Waals surface area contributed by atoms with Crippen LogP contribution in [0.5, 0.6) is 5.75 Å². The third-order valence-electron chi connectivity index (χ3n) is 3.81. The lowest BCUT2D eigenvalue weighted by Crippen LogP contribution is -2.20. The van der Waals surface area contributed by atoms with Crippen molar-refractivity contribution in [3.63, 3.8) is 0 Å². The van der Waals surface area contributed by atoms with Crippen molar-refractivity contribution in [3.05, 3.63) is 50.4 Å². The number of amides is 1. The zero-order chi connectivity index (χ0) is 19.7. The minimum absolute atomic E-state index is 0.00224. The van der Waals surface area contributed by atoms with Crippen LogP contribution in [0.1, 0.15) is 20.9 Å². The minimum Gasteiger partial charge on any atom is -0.483 e. The molecular formula is C18H14Cl2N2O4S. The van der Waals surface area contributed by atoms with Gasteiger partial charge < -0.3 is 9.84 Å². The normalized spacial score (nSPS) is 10.8. The van der Waals surface area contributed by atoms with Crippen molar-refractivity contribution in [2.45, 2.75) is 13.8 Å². The highest BCUT2D eigenvalue weighted by molar-refractivity contribution is 7.15. The van der Waals surface area contributed by atoms with Crippen molar-refractivity contribution < 1.29 is 19.4 Å². The van der Waals surface area contributed by atoms with Gasteiger partial charge in [0.15, 0.2) is 11.7 Å². The molecule has 27 heavy (non-hydrogen) atoms. The molecule has 2 aromatic carbocycles. The van der Waals surface area contributed by atoms with E-state index in [2.05, 4.69) is 10.3 Å². The molecule has 0 aliphatic heterocycles. The number of ether oxygens (including phenoxy) is 1. The van der Waals surface area contributed by atoms with Gasteiger partial charge in [-0.25, -0.2) is 9.78 Å². The molecule has 0 spiro atoms. The number of carboxylic acid groups (broad SMARTS) is 1. The molecule has 2 N–H and O–H groups in total. The number of nitrogens with one attached hydrogen (secondary N) is 1. The predicted molar refractivity (Wildman–Crippen MR) is 107 cm³/mol. The Morgan fingerprint density at radius 2 is 1.96 bits per heavy atom. The Morgan fingerprint density at radius 3 is 2.59 bits per heavy atom. The van der Waals surface area contributed by atoms with Crippen molar-refractivity contribution in [2.24, 2.45) is 0 Å². The topological polar surface area (TPSA) is 88.5 Å². The van der Waals surface area contributed by atoms with Gasteiger partial charge in [0, 0.05) is 15.3 Å². The number of thiazole rings is 1. The number of nitrogens with zero attached hydrogens (tertiary/aromatic N) is 1. The molecule has 0 radical (unpaired) electrons.